The number of ether oxygens (including phenoxy) is 1. The highest BCUT2D eigenvalue weighted by molar-refractivity contribution is 6.02. The van der Waals surface area contributed by atoms with E-state index in [2.05, 4.69) is 10.4 Å². The minimum absolute atomic E-state index is 0.0568. The molecule has 0 aliphatic carbocycles. The molecule has 4 aromatic rings. The van der Waals surface area contributed by atoms with Gasteiger partial charge in [-0.2, -0.15) is 5.10 Å². The fraction of sp³-hybridized carbons (Fsp3) is 0.179. The van der Waals surface area contributed by atoms with Crippen LogP contribution in [0, 0.1) is 5.82 Å². The maximum Gasteiger partial charge on any atom is 0.276 e. The summed E-state index contributed by atoms with van der Waals surface area (Å²) < 4.78 is 21.2. The summed E-state index contributed by atoms with van der Waals surface area (Å²) >= 11 is 0. The van der Waals surface area contributed by atoms with Gasteiger partial charge in [-0.25, -0.2) is 9.07 Å². The zero-order chi connectivity index (χ0) is 25.1. The number of fused-ring (bicyclic) bond motifs is 1. The van der Waals surface area contributed by atoms with E-state index in [-0.39, 0.29) is 48.1 Å². The molecule has 36 heavy (non-hydrogen) atoms. The summed E-state index contributed by atoms with van der Waals surface area (Å²) in [6.45, 7) is 0.784. The van der Waals surface area contributed by atoms with Crippen LogP contribution in [0.15, 0.2) is 84.9 Å². The van der Waals surface area contributed by atoms with E-state index >= 15 is 0 Å². The van der Waals surface area contributed by atoms with Crippen molar-refractivity contribution in [2.75, 3.05) is 13.6 Å². The Morgan fingerprint density at radius 3 is 2.33 bits per heavy atom. The molecule has 1 aliphatic rings. The van der Waals surface area contributed by atoms with Gasteiger partial charge in [0.25, 0.3) is 11.8 Å². The number of hydrogen-bond donors (Lipinski definition) is 1. The SMILES string of the molecule is CNC(=O)c1nn2c(c1OCc1ccccc1)C(=O)N(Cc1ccc(F)cc1)CC2c1ccccc1. The van der Waals surface area contributed by atoms with E-state index < -0.39 is 5.91 Å². The zero-order valence-corrected chi connectivity index (χ0v) is 19.7. The van der Waals surface area contributed by atoms with Crippen LogP contribution in [0.5, 0.6) is 5.75 Å². The van der Waals surface area contributed by atoms with Crippen LogP contribution in [0.25, 0.3) is 0 Å². The Labute approximate surface area is 208 Å². The van der Waals surface area contributed by atoms with E-state index in [1.807, 2.05) is 60.7 Å². The highest BCUT2D eigenvalue weighted by Crippen LogP contribution is 2.35. The van der Waals surface area contributed by atoms with Crippen molar-refractivity contribution < 1.29 is 18.7 Å². The Kier molecular flexibility index (Phi) is 6.49. The Morgan fingerprint density at radius 2 is 1.67 bits per heavy atom. The predicted octanol–water partition coefficient (Wildman–Crippen LogP) is 4.21. The van der Waals surface area contributed by atoms with Gasteiger partial charge in [0.05, 0.1) is 6.04 Å². The van der Waals surface area contributed by atoms with E-state index in [9.17, 15) is 14.0 Å². The maximum absolute atomic E-state index is 13.8. The lowest BCUT2D eigenvalue weighted by Crippen LogP contribution is -2.43. The third-order valence-corrected chi connectivity index (χ3v) is 6.18. The number of amides is 2. The van der Waals surface area contributed by atoms with E-state index in [4.69, 9.17) is 4.74 Å². The highest BCUT2D eigenvalue weighted by atomic mass is 19.1. The third kappa shape index (κ3) is 4.57. The van der Waals surface area contributed by atoms with Crippen LogP contribution in [0.1, 0.15) is 43.7 Å². The van der Waals surface area contributed by atoms with Crippen LogP contribution in [-0.2, 0) is 13.2 Å². The molecule has 0 saturated heterocycles. The molecule has 1 N–H and O–H groups in total. The number of halogens is 1. The van der Waals surface area contributed by atoms with Crippen LogP contribution < -0.4 is 10.1 Å². The van der Waals surface area contributed by atoms with Crippen LogP contribution in [0.4, 0.5) is 4.39 Å². The normalized spacial score (nSPS) is 14.9. The smallest absolute Gasteiger partial charge is 0.276 e. The van der Waals surface area contributed by atoms with Crippen molar-refractivity contribution in [2.45, 2.75) is 19.2 Å². The Bertz CT molecular complexity index is 1370. The van der Waals surface area contributed by atoms with Crippen molar-refractivity contribution in [3.63, 3.8) is 0 Å². The minimum atomic E-state index is -0.440. The second kappa shape index (κ2) is 10.0. The van der Waals surface area contributed by atoms with Crippen LogP contribution in [0.2, 0.25) is 0 Å². The molecule has 0 saturated carbocycles. The van der Waals surface area contributed by atoms with Crippen molar-refractivity contribution in [3.8, 4) is 5.75 Å². The van der Waals surface area contributed by atoms with E-state index in [0.29, 0.717) is 6.54 Å². The first kappa shape index (κ1) is 23.3. The molecule has 1 aliphatic heterocycles. The standard InChI is InChI=1S/C28H25FN4O3/c1-30-27(34)24-26(36-18-20-8-4-2-5-9-20)25-28(35)32(16-19-12-14-22(29)15-13-19)17-23(33(25)31-24)21-10-6-3-7-11-21/h2-15,23H,16-18H2,1H3,(H,30,34). The molecule has 7 nitrogen and oxygen atoms in total. The number of carbonyl (C=O) groups excluding carboxylic acids is 2. The second-order valence-electron chi connectivity index (χ2n) is 8.56. The molecule has 1 atom stereocenters. The summed E-state index contributed by atoms with van der Waals surface area (Å²) in [5.41, 5.74) is 2.90. The molecule has 0 spiro atoms. The zero-order valence-electron chi connectivity index (χ0n) is 19.7. The average molecular weight is 485 g/mol. The van der Waals surface area contributed by atoms with Gasteiger partial charge in [0, 0.05) is 20.1 Å². The number of carbonyl (C=O) groups is 2. The predicted molar refractivity (Wildman–Crippen MR) is 132 cm³/mol. The van der Waals surface area contributed by atoms with Crippen molar-refractivity contribution in [3.05, 3.63) is 119 Å². The maximum atomic E-state index is 13.8. The molecule has 2 amide bonds. The van der Waals surface area contributed by atoms with Crippen molar-refractivity contribution >= 4 is 11.8 Å². The Hall–Kier alpha value is -4.46. The number of aromatic nitrogens is 2. The summed E-state index contributed by atoms with van der Waals surface area (Å²) in [6.07, 6.45) is 0. The van der Waals surface area contributed by atoms with Crippen LogP contribution in [0.3, 0.4) is 0 Å². The van der Waals surface area contributed by atoms with E-state index in [0.717, 1.165) is 16.7 Å². The molecule has 5 rings (SSSR count). The molecular weight excluding hydrogens is 459 g/mol. The van der Waals surface area contributed by atoms with Gasteiger partial charge in [-0.15, -0.1) is 0 Å². The molecule has 182 valence electrons. The van der Waals surface area contributed by atoms with Crippen molar-refractivity contribution in [1.82, 2.24) is 20.0 Å². The Balaban J connectivity index is 1.59. The lowest BCUT2D eigenvalue weighted by molar-refractivity contribution is 0.0654. The van der Waals surface area contributed by atoms with Crippen LogP contribution >= 0.6 is 0 Å². The van der Waals surface area contributed by atoms with Crippen molar-refractivity contribution in [1.29, 1.82) is 0 Å². The van der Waals surface area contributed by atoms with Gasteiger partial charge in [-0.05, 0) is 28.8 Å². The topological polar surface area (TPSA) is 76.5 Å². The number of benzene rings is 3. The van der Waals surface area contributed by atoms with Gasteiger partial charge in [-0.1, -0.05) is 72.8 Å². The summed E-state index contributed by atoms with van der Waals surface area (Å²) in [4.78, 5) is 28.3. The highest BCUT2D eigenvalue weighted by Gasteiger charge is 2.39. The van der Waals surface area contributed by atoms with Gasteiger partial charge in [-0.3, -0.25) is 9.59 Å². The minimum Gasteiger partial charge on any atom is -0.484 e. The monoisotopic (exact) mass is 484 g/mol. The summed E-state index contributed by atoms with van der Waals surface area (Å²) in [6, 6.07) is 24.9. The number of hydrogen-bond acceptors (Lipinski definition) is 4. The molecule has 0 bridgehead atoms. The van der Waals surface area contributed by atoms with Gasteiger partial charge in [0.15, 0.2) is 17.1 Å². The number of nitrogens with zero attached hydrogens (tertiary/aromatic N) is 3. The number of rotatable bonds is 7. The van der Waals surface area contributed by atoms with Gasteiger partial charge in [0.1, 0.15) is 12.4 Å². The van der Waals surface area contributed by atoms with E-state index in [1.54, 1.807) is 21.7 Å². The molecule has 0 fully saturated rings. The van der Waals surface area contributed by atoms with Gasteiger partial charge < -0.3 is 15.0 Å². The number of nitrogens with one attached hydrogen (secondary N) is 1. The largest absolute Gasteiger partial charge is 0.484 e. The third-order valence-electron chi connectivity index (χ3n) is 6.18. The molecular formula is C28H25FN4O3. The molecule has 1 aromatic heterocycles. The quantitative estimate of drug-likeness (QED) is 0.427. The summed E-state index contributed by atoms with van der Waals surface area (Å²) in [5, 5.41) is 7.18. The first-order valence-corrected chi connectivity index (χ1v) is 11.6. The van der Waals surface area contributed by atoms with Crippen LogP contribution in [-0.4, -0.2) is 40.1 Å². The molecule has 8 heteroatoms. The fourth-order valence-corrected chi connectivity index (χ4v) is 4.36. The fourth-order valence-electron chi connectivity index (χ4n) is 4.36. The van der Waals surface area contributed by atoms with Gasteiger partial charge in [0.2, 0.25) is 0 Å². The van der Waals surface area contributed by atoms with E-state index in [1.165, 1.54) is 19.2 Å². The second-order valence-corrected chi connectivity index (χ2v) is 8.56. The average Bonchev–Trinajstić information content (AvgIpc) is 3.31. The molecule has 2 heterocycles. The first-order valence-electron chi connectivity index (χ1n) is 11.6. The first-order chi connectivity index (χ1) is 17.5. The molecule has 0 radical (unpaired) electrons. The van der Waals surface area contributed by atoms with Gasteiger partial charge >= 0.3 is 0 Å². The lowest BCUT2D eigenvalue weighted by atomic mass is 10.0. The molecule has 3 aromatic carbocycles. The molecule has 1 unspecified atom stereocenters. The summed E-state index contributed by atoms with van der Waals surface area (Å²) in [7, 11) is 1.51. The summed E-state index contributed by atoms with van der Waals surface area (Å²) in [5.74, 6) is -0.939. The Morgan fingerprint density at radius 1 is 1.00 bits per heavy atom. The lowest BCUT2D eigenvalue weighted by Gasteiger charge is -2.34. The van der Waals surface area contributed by atoms with Crippen molar-refractivity contribution in [2.24, 2.45) is 0 Å².